The highest BCUT2D eigenvalue weighted by Crippen LogP contribution is 2.32. The lowest BCUT2D eigenvalue weighted by Gasteiger charge is -2.10. The van der Waals surface area contributed by atoms with Gasteiger partial charge in [0.25, 0.3) is 0 Å². The summed E-state index contributed by atoms with van der Waals surface area (Å²) in [6, 6.07) is 2.31. The van der Waals surface area contributed by atoms with Gasteiger partial charge < -0.3 is 10.3 Å². The topological polar surface area (TPSA) is 100 Å². The highest BCUT2D eigenvalue weighted by molar-refractivity contribution is 5.92. The molecule has 27 heavy (non-hydrogen) atoms. The fourth-order valence-electron chi connectivity index (χ4n) is 2.87. The van der Waals surface area contributed by atoms with Gasteiger partial charge >= 0.3 is 6.18 Å². The molecule has 0 saturated carbocycles. The van der Waals surface area contributed by atoms with Crippen LogP contribution in [-0.4, -0.2) is 34.3 Å². The van der Waals surface area contributed by atoms with Crippen molar-refractivity contribution in [3.05, 3.63) is 42.7 Å². The van der Waals surface area contributed by atoms with E-state index in [0.717, 1.165) is 6.07 Å². The molecule has 0 aliphatic rings. The first-order valence-corrected chi connectivity index (χ1v) is 7.94. The molecule has 0 amide bonds. The molecule has 8 nitrogen and oxygen atoms in total. The van der Waals surface area contributed by atoms with Gasteiger partial charge in [0.15, 0.2) is 0 Å². The third-order valence-electron chi connectivity index (χ3n) is 4.07. The normalized spacial score (nSPS) is 12.0. The molecule has 138 valence electrons. The van der Waals surface area contributed by atoms with Gasteiger partial charge in [0, 0.05) is 30.1 Å². The number of hydrogen-bond donors (Lipinski definition) is 1. The second-order valence-electron chi connectivity index (χ2n) is 5.67. The highest BCUT2D eigenvalue weighted by atomic mass is 19.4. The minimum absolute atomic E-state index is 0.172. The Morgan fingerprint density at radius 3 is 2.52 bits per heavy atom. The molecule has 0 atom stereocenters. The first-order chi connectivity index (χ1) is 12.9. The summed E-state index contributed by atoms with van der Waals surface area (Å²) in [7, 11) is 0. The Balaban J connectivity index is 1.92. The minimum atomic E-state index is -4.49. The highest BCUT2D eigenvalue weighted by Gasteiger charge is 2.32. The number of nitrogens with zero attached hydrogens (tertiary/aromatic N) is 7. The second-order valence-corrected chi connectivity index (χ2v) is 5.67. The van der Waals surface area contributed by atoms with Crippen molar-refractivity contribution in [2.45, 2.75) is 19.6 Å². The maximum atomic E-state index is 12.8. The van der Waals surface area contributed by atoms with Crippen molar-refractivity contribution in [3.8, 4) is 17.1 Å². The lowest BCUT2D eigenvalue weighted by molar-refractivity contribution is -0.141. The first kappa shape index (κ1) is 16.9. The van der Waals surface area contributed by atoms with E-state index in [-0.39, 0.29) is 5.95 Å². The number of imidazole rings is 1. The number of anilines is 1. The lowest BCUT2D eigenvalue weighted by Crippen LogP contribution is -2.10. The molecule has 4 aromatic heterocycles. The van der Waals surface area contributed by atoms with Crippen molar-refractivity contribution in [3.63, 3.8) is 0 Å². The van der Waals surface area contributed by atoms with E-state index in [1.54, 1.807) is 12.4 Å². The standard InChI is InChI=1S/C16H13F3N8/c1-2-26-13-10(9-3-4-12(22-5-9)16(17,18)19)6-21-7-11(13)25-15(26)27-14(20)23-8-24-27/h3-8H,2H2,1H3,(H2,20,23,24). The first-order valence-electron chi connectivity index (χ1n) is 7.94. The van der Waals surface area contributed by atoms with E-state index in [1.807, 2.05) is 11.5 Å². The quantitative estimate of drug-likeness (QED) is 0.592. The zero-order valence-electron chi connectivity index (χ0n) is 14.0. The molecule has 0 fully saturated rings. The van der Waals surface area contributed by atoms with Crippen molar-refractivity contribution in [2.75, 3.05) is 5.73 Å². The maximum absolute atomic E-state index is 12.8. The molecule has 0 saturated heterocycles. The Kier molecular flexibility index (Phi) is 3.79. The number of aryl methyl sites for hydroxylation is 1. The number of pyridine rings is 2. The van der Waals surface area contributed by atoms with Gasteiger partial charge in [-0.05, 0) is 13.0 Å². The summed E-state index contributed by atoms with van der Waals surface area (Å²) in [5, 5.41) is 4.07. The average Bonchev–Trinajstić information content (AvgIpc) is 3.23. The Morgan fingerprint density at radius 2 is 1.93 bits per heavy atom. The molecule has 0 aromatic carbocycles. The fraction of sp³-hybridized carbons (Fsp3) is 0.188. The summed E-state index contributed by atoms with van der Waals surface area (Å²) >= 11 is 0. The van der Waals surface area contributed by atoms with Gasteiger partial charge in [0.1, 0.15) is 17.5 Å². The van der Waals surface area contributed by atoms with E-state index in [2.05, 4.69) is 25.0 Å². The van der Waals surface area contributed by atoms with Crippen LogP contribution in [0, 0.1) is 0 Å². The third-order valence-corrected chi connectivity index (χ3v) is 4.07. The minimum Gasteiger partial charge on any atom is -0.368 e. The predicted molar refractivity (Wildman–Crippen MR) is 90.8 cm³/mol. The van der Waals surface area contributed by atoms with E-state index in [1.165, 1.54) is 23.3 Å². The molecule has 0 radical (unpaired) electrons. The van der Waals surface area contributed by atoms with Gasteiger partial charge in [-0.15, -0.1) is 0 Å². The van der Waals surface area contributed by atoms with Crippen molar-refractivity contribution in [1.29, 1.82) is 0 Å². The van der Waals surface area contributed by atoms with Gasteiger partial charge in [0.05, 0.1) is 11.7 Å². The molecule has 11 heteroatoms. The number of halogens is 3. The molecule has 0 aliphatic heterocycles. The van der Waals surface area contributed by atoms with Crippen LogP contribution < -0.4 is 5.73 Å². The summed E-state index contributed by atoms with van der Waals surface area (Å²) in [5.74, 6) is 0.613. The Morgan fingerprint density at radius 1 is 1.11 bits per heavy atom. The number of aromatic nitrogens is 7. The molecule has 0 unspecified atom stereocenters. The van der Waals surface area contributed by atoms with Crippen LogP contribution in [0.1, 0.15) is 12.6 Å². The average molecular weight is 374 g/mol. The zero-order chi connectivity index (χ0) is 19.2. The van der Waals surface area contributed by atoms with Crippen molar-refractivity contribution < 1.29 is 13.2 Å². The monoisotopic (exact) mass is 374 g/mol. The summed E-state index contributed by atoms with van der Waals surface area (Å²) in [4.78, 5) is 16.1. The van der Waals surface area contributed by atoms with Gasteiger partial charge in [-0.25, -0.2) is 4.98 Å². The van der Waals surface area contributed by atoms with Crippen LogP contribution in [0.25, 0.3) is 28.1 Å². The summed E-state index contributed by atoms with van der Waals surface area (Å²) < 4.78 is 41.6. The number of alkyl halides is 3. The third kappa shape index (κ3) is 2.76. The van der Waals surface area contributed by atoms with Gasteiger partial charge in [-0.1, -0.05) is 6.07 Å². The molecule has 0 aliphatic carbocycles. The fourth-order valence-corrected chi connectivity index (χ4v) is 2.87. The molecule has 0 spiro atoms. The Bertz CT molecular complexity index is 1110. The molecule has 2 N–H and O–H groups in total. The Hall–Kier alpha value is -3.50. The van der Waals surface area contributed by atoms with Crippen LogP contribution in [0.15, 0.2) is 37.1 Å². The van der Waals surface area contributed by atoms with E-state index in [4.69, 9.17) is 5.73 Å². The van der Waals surface area contributed by atoms with Gasteiger partial charge in [-0.2, -0.15) is 27.9 Å². The van der Waals surface area contributed by atoms with Crippen LogP contribution in [0.2, 0.25) is 0 Å². The molecule has 4 heterocycles. The van der Waals surface area contributed by atoms with Crippen LogP contribution in [0.4, 0.5) is 19.1 Å². The van der Waals surface area contributed by atoms with E-state index in [9.17, 15) is 13.2 Å². The number of fused-ring (bicyclic) bond motifs is 1. The van der Waals surface area contributed by atoms with Crippen molar-refractivity contribution in [2.24, 2.45) is 0 Å². The molecular formula is C16H13F3N8. The predicted octanol–water partition coefficient (Wildman–Crippen LogP) is 2.69. The van der Waals surface area contributed by atoms with Gasteiger partial charge in [0.2, 0.25) is 11.9 Å². The van der Waals surface area contributed by atoms with Gasteiger partial charge in [-0.3, -0.25) is 9.97 Å². The van der Waals surface area contributed by atoms with E-state index < -0.39 is 11.9 Å². The SMILES string of the molecule is CCn1c(-n2ncnc2N)nc2cncc(-c3ccc(C(F)(F)F)nc3)c21. The van der Waals surface area contributed by atoms with Crippen LogP contribution in [-0.2, 0) is 12.7 Å². The lowest BCUT2D eigenvalue weighted by atomic mass is 10.1. The van der Waals surface area contributed by atoms with Crippen LogP contribution in [0.3, 0.4) is 0 Å². The summed E-state index contributed by atoms with van der Waals surface area (Å²) in [6.07, 6.45) is 1.13. The van der Waals surface area contributed by atoms with Crippen molar-refractivity contribution in [1.82, 2.24) is 34.3 Å². The molecule has 0 bridgehead atoms. The largest absolute Gasteiger partial charge is 0.433 e. The van der Waals surface area contributed by atoms with Crippen LogP contribution in [0.5, 0.6) is 0 Å². The second kappa shape index (κ2) is 6.04. The number of nitrogens with two attached hydrogens (primary N) is 1. The zero-order valence-corrected chi connectivity index (χ0v) is 14.0. The molecule has 4 aromatic rings. The number of hydrogen-bond acceptors (Lipinski definition) is 6. The smallest absolute Gasteiger partial charge is 0.368 e. The maximum Gasteiger partial charge on any atom is 0.433 e. The van der Waals surface area contributed by atoms with E-state index >= 15 is 0 Å². The number of nitrogen functional groups attached to an aromatic ring is 1. The number of rotatable bonds is 3. The van der Waals surface area contributed by atoms with Crippen LogP contribution >= 0.6 is 0 Å². The summed E-state index contributed by atoms with van der Waals surface area (Å²) in [5.41, 5.74) is 7.22. The molecule has 4 rings (SSSR count). The van der Waals surface area contributed by atoms with Crippen molar-refractivity contribution >= 4 is 17.0 Å². The summed E-state index contributed by atoms with van der Waals surface area (Å²) in [6.45, 7) is 2.43. The Labute approximate surface area is 150 Å². The van der Waals surface area contributed by atoms with E-state index in [0.29, 0.717) is 34.7 Å². The molecular weight excluding hydrogens is 361 g/mol.